The van der Waals surface area contributed by atoms with Crippen molar-refractivity contribution in [3.63, 3.8) is 0 Å². The summed E-state index contributed by atoms with van der Waals surface area (Å²) in [7, 11) is 1.67. The Labute approximate surface area is 266 Å². The summed E-state index contributed by atoms with van der Waals surface area (Å²) in [5, 5.41) is 8.66. The number of epoxide rings is 2. The molecule has 5 N–H and O–H groups in total. The van der Waals surface area contributed by atoms with Crippen LogP contribution in [0.3, 0.4) is 0 Å². The van der Waals surface area contributed by atoms with Crippen molar-refractivity contribution >= 4 is 17.9 Å². The molecule has 2 aliphatic heterocycles. The lowest BCUT2D eigenvalue weighted by Crippen LogP contribution is -2.56. The molecule has 1 spiro atoms. The van der Waals surface area contributed by atoms with Gasteiger partial charge in [0.1, 0.15) is 23.4 Å². The third kappa shape index (κ3) is 8.24. The van der Waals surface area contributed by atoms with E-state index < -0.39 is 18.2 Å². The second kappa shape index (κ2) is 14.2. The van der Waals surface area contributed by atoms with Crippen LogP contribution in [-0.2, 0) is 35.0 Å². The van der Waals surface area contributed by atoms with Crippen LogP contribution in [0, 0.1) is 5.92 Å². The van der Waals surface area contributed by atoms with Crippen molar-refractivity contribution < 1.29 is 33.3 Å². The molecular formula is C34H50N4O7. The summed E-state index contributed by atoms with van der Waals surface area (Å²) in [6.07, 6.45) is 6.69. The number of carbonyl (C=O) groups excluding carboxylic acids is 3. The Balaban J connectivity index is 1.03. The van der Waals surface area contributed by atoms with Gasteiger partial charge in [-0.1, -0.05) is 42.0 Å². The molecule has 2 saturated heterocycles. The number of nitrogens with one attached hydrogen (secondary N) is 3. The summed E-state index contributed by atoms with van der Waals surface area (Å²) in [5.74, 6) is -0.638. The number of alkyl carbamates (subject to hydrolysis) is 1. The van der Waals surface area contributed by atoms with Crippen LogP contribution in [0.1, 0.15) is 71.3 Å². The van der Waals surface area contributed by atoms with Crippen LogP contribution in [0.25, 0.3) is 0 Å². The molecule has 2 saturated carbocycles. The van der Waals surface area contributed by atoms with Crippen molar-refractivity contribution in [2.45, 2.75) is 120 Å². The van der Waals surface area contributed by atoms with Gasteiger partial charge in [-0.3, -0.25) is 9.59 Å². The fourth-order valence-electron chi connectivity index (χ4n) is 7.33. The van der Waals surface area contributed by atoms with Gasteiger partial charge in [-0.05, 0) is 77.7 Å². The van der Waals surface area contributed by atoms with Gasteiger partial charge in [0.15, 0.2) is 0 Å². The lowest BCUT2D eigenvalue weighted by molar-refractivity contribution is -0.127. The number of carbonyl (C=O) groups is 3. The molecule has 0 bridgehead atoms. The topological polar surface area (TPSA) is 157 Å². The van der Waals surface area contributed by atoms with Gasteiger partial charge in [0.2, 0.25) is 11.8 Å². The first-order valence-electron chi connectivity index (χ1n) is 16.3. The molecule has 4 unspecified atom stereocenters. The van der Waals surface area contributed by atoms with Gasteiger partial charge in [0.05, 0.1) is 31.2 Å². The van der Waals surface area contributed by atoms with Crippen LogP contribution in [0.5, 0.6) is 0 Å². The second-order valence-electron chi connectivity index (χ2n) is 13.6. The van der Waals surface area contributed by atoms with Crippen LogP contribution in [0.4, 0.5) is 4.79 Å². The predicted molar refractivity (Wildman–Crippen MR) is 168 cm³/mol. The van der Waals surface area contributed by atoms with Gasteiger partial charge >= 0.3 is 6.09 Å². The van der Waals surface area contributed by atoms with E-state index >= 15 is 0 Å². The summed E-state index contributed by atoms with van der Waals surface area (Å²) in [4.78, 5) is 37.9. The van der Waals surface area contributed by atoms with Crippen LogP contribution < -0.4 is 21.7 Å². The molecule has 248 valence electrons. The molecule has 11 nitrogen and oxygen atoms in total. The second-order valence-corrected chi connectivity index (χ2v) is 13.6. The Morgan fingerprint density at radius 1 is 1.07 bits per heavy atom. The summed E-state index contributed by atoms with van der Waals surface area (Å²) in [6, 6.07) is 8.74. The number of ether oxygens (including phenoxy) is 4. The first-order chi connectivity index (χ1) is 21.5. The van der Waals surface area contributed by atoms with E-state index in [0.717, 1.165) is 18.4 Å². The Bertz CT molecular complexity index is 1230. The first kappa shape index (κ1) is 33.4. The molecule has 3 amide bonds. The van der Waals surface area contributed by atoms with E-state index in [1.54, 1.807) is 7.11 Å². The van der Waals surface area contributed by atoms with Crippen molar-refractivity contribution in [1.29, 1.82) is 0 Å². The van der Waals surface area contributed by atoms with E-state index in [9.17, 15) is 14.4 Å². The molecule has 4 aliphatic rings. The van der Waals surface area contributed by atoms with Crippen LogP contribution in [0.15, 0.2) is 42.0 Å². The minimum atomic E-state index is -0.724. The standard InChI is InChI=1S/C34H50N4O7/c1-21(2)10-15-27-33(3,45-27)30-29(42-4)26(16-17-34(30)20-43-34)44-32(41)38-24-13-11-23(12-14-24)37-28(39)19-36-31(40)25(35)18-22-8-6-5-7-9-22/h5-10,23-27,29-30H,11-20,35H2,1-4H3,(H,36,40)(H,37,39)(H,38,41)/t23?,24?,25-,26?,27+,29?,30?,33?,34-/m0/s1. The lowest BCUT2D eigenvalue weighted by atomic mass is 9.68. The number of hydrogen-bond acceptors (Lipinski definition) is 8. The van der Waals surface area contributed by atoms with Gasteiger partial charge in [-0.15, -0.1) is 0 Å². The zero-order chi connectivity index (χ0) is 32.2. The van der Waals surface area contributed by atoms with Gasteiger partial charge in [-0.25, -0.2) is 4.79 Å². The van der Waals surface area contributed by atoms with E-state index in [0.29, 0.717) is 45.1 Å². The summed E-state index contributed by atoms with van der Waals surface area (Å²) in [6.45, 7) is 6.86. The Morgan fingerprint density at radius 3 is 2.36 bits per heavy atom. The quantitative estimate of drug-likeness (QED) is 0.204. The lowest BCUT2D eigenvalue weighted by Gasteiger charge is -2.42. The monoisotopic (exact) mass is 626 g/mol. The summed E-state index contributed by atoms with van der Waals surface area (Å²) >= 11 is 0. The Morgan fingerprint density at radius 2 is 1.73 bits per heavy atom. The fourth-order valence-corrected chi connectivity index (χ4v) is 7.33. The number of rotatable bonds is 12. The maximum Gasteiger partial charge on any atom is 0.407 e. The third-order valence-corrected chi connectivity index (χ3v) is 9.97. The van der Waals surface area contributed by atoms with E-state index in [1.807, 2.05) is 30.3 Å². The van der Waals surface area contributed by atoms with E-state index in [4.69, 9.17) is 24.7 Å². The highest BCUT2D eigenvalue weighted by Gasteiger charge is 2.72. The smallest absolute Gasteiger partial charge is 0.407 e. The third-order valence-electron chi connectivity index (χ3n) is 9.97. The number of allylic oxidation sites excluding steroid dienone is 1. The molecule has 7 atom stereocenters. The number of nitrogens with two attached hydrogens (primary N) is 1. The normalized spacial score (nSPS) is 34.2. The minimum absolute atomic E-state index is 0.0215. The van der Waals surface area contributed by atoms with Gasteiger partial charge in [-0.2, -0.15) is 0 Å². The van der Waals surface area contributed by atoms with Crippen molar-refractivity contribution in [3.8, 4) is 0 Å². The number of methoxy groups -OCH3 is 1. The molecule has 1 aromatic rings. The Hall–Kier alpha value is -2.99. The summed E-state index contributed by atoms with van der Waals surface area (Å²) < 4.78 is 24.2. The highest BCUT2D eigenvalue weighted by molar-refractivity contribution is 5.87. The van der Waals surface area contributed by atoms with Crippen molar-refractivity contribution in [2.75, 3.05) is 20.3 Å². The molecule has 4 fully saturated rings. The van der Waals surface area contributed by atoms with Crippen molar-refractivity contribution in [1.82, 2.24) is 16.0 Å². The molecule has 1 aromatic carbocycles. The molecular weight excluding hydrogens is 576 g/mol. The zero-order valence-electron chi connectivity index (χ0n) is 27.0. The van der Waals surface area contributed by atoms with E-state index in [1.165, 1.54) is 5.57 Å². The molecule has 0 radical (unpaired) electrons. The molecule has 2 aliphatic carbocycles. The largest absolute Gasteiger partial charge is 0.443 e. The van der Waals surface area contributed by atoms with Gasteiger partial charge in [0.25, 0.3) is 0 Å². The maximum atomic E-state index is 13.0. The highest BCUT2D eigenvalue weighted by atomic mass is 16.6. The number of hydrogen-bond donors (Lipinski definition) is 4. The van der Waals surface area contributed by atoms with E-state index in [2.05, 4.69) is 42.8 Å². The average Bonchev–Trinajstić information content (AvgIpc) is 3.93. The fraction of sp³-hybridized carbons (Fsp3) is 0.676. The Kier molecular flexibility index (Phi) is 10.5. The molecule has 0 aromatic heterocycles. The van der Waals surface area contributed by atoms with E-state index in [-0.39, 0.29) is 59.8 Å². The van der Waals surface area contributed by atoms with Crippen LogP contribution in [-0.4, -0.2) is 85.8 Å². The SMILES string of the molecule is COC1C(OC(=O)NC2CCC(NC(=O)CNC(=O)[C@@H](N)Cc3ccccc3)CC2)CC[C@]2(CO2)C1C1(C)O[C@@H]1CC=C(C)C. The zero-order valence-corrected chi connectivity index (χ0v) is 27.0. The average molecular weight is 627 g/mol. The molecule has 45 heavy (non-hydrogen) atoms. The molecule has 2 heterocycles. The first-order valence-corrected chi connectivity index (χ1v) is 16.3. The minimum Gasteiger partial charge on any atom is -0.443 e. The maximum absolute atomic E-state index is 13.0. The highest BCUT2D eigenvalue weighted by Crippen LogP contribution is 2.59. The number of benzene rings is 1. The number of amides is 3. The van der Waals surface area contributed by atoms with Crippen LogP contribution in [0.2, 0.25) is 0 Å². The summed E-state index contributed by atoms with van der Waals surface area (Å²) in [5.41, 5.74) is 7.57. The molecule has 5 rings (SSSR count). The van der Waals surface area contributed by atoms with Crippen LogP contribution >= 0.6 is 0 Å². The van der Waals surface area contributed by atoms with Crippen molar-refractivity contribution in [2.24, 2.45) is 11.7 Å². The predicted octanol–water partition coefficient (Wildman–Crippen LogP) is 2.90. The molecule has 11 heteroatoms. The van der Waals surface area contributed by atoms with Gasteiger partial charge in [0, 0.05) is 19.2 Å². The van der Waals surface area contributed by atoms with Gasteiger partial charge < -0.3 is 40.6 Å². The van der Waals surface area contributed by atoms with Crippen molar-refractivity contribution in [3.05, 3.63) is 47.5 Å².